The lowest BCUT2D eigenvalue weighted by atomic mass is 10.1. The fourth-order valence-electron chi connectivity index (χ4n) is 3.04. The molecule has 0 aliphatic rings. The predicted octanol–water partition coefficient (Wildman–Crippen LogP) is 3.69. The molecule has 0 bridgehead atoms. The first kappa shape index (κ1) is 21.7. The van der Waals surface area contributed by atoms with Crippen LogP contribution in [0, 0.1) is 0 Å². The Kier molecular flexibility index (Phi) is 7.02. The third-order valence-electron chi connectivity index (χ3n) is 4.61. The number of rotatable bonds is 8. The molecule has 0 unspecified atom stereocenters. The first-order chi connectivity index (χ1) is 14.4. The van der Waals surface area contributed by atoms with E-state index in [9.17, 15) is 9.59 Å². The minimum absolute atomic E-state index is 0.164. The summed E-state index contributed by atoms with van der Waals surface area (Å²) in [6.07, 6.45) is 0.798. The lowest BCUT2D eigenvalue weighted by molar-refractivity contribution is 0.0600. The van der Waals surface area contributed by atoms with Gasteiger partial charge in [0.25, 0.3) is 5.91 Å². The number of carbonyl (C=O) groups excluding carboxylic acids is 2. The molecule has 158 valence electrons. The number of benzene rings is 2. The summed E-state index contributed by atoms with van der Waals surface area (Å²) in [4.78, 5) is 33.5. The molecule has 0 fully saturated rings. The lowest BCUT2D eigenvalue weighted by Crippen LogP contribution is -2.33. The Morgan fingerprint density at radius 3 is 2.33 bits per heavy atom. The van der Waals surface area contributed by atoms with Crippen LogP contribution in [0.15, 0.2) is 42.5 Å². The Morgan fingerprint density at radius 1 is 1.00 bits per heavy atom. The molecule has 0 atom stereocenters. The minimum atomic E-state index is -0.435. The maximum atomic E-state index is 13.3. The molecule has 0 aliphatic heterocycles. The van der Waals surface area contributed by atoms with E-state index in [4.69, 9.17) is 14.5 Å². The molecule has 0 N–H and O–H groups in total. The Bertz CT molecular complexity index is 1030. The highest BCUT2D eigenvalue weighted by Gasteiger charge is 2.22. The van der Waals surface area contributed by atoms with E-state index in [0.717, 1.165) is 23.2 Å². The van der Waals surface area contributed by atoms with Crippen molar-refractivity contribution in [2.75, 3.05) is 46.3 Å². The van der Waals surface area contributed by atoms with Crippen molar-refractivity contribution in [2.45, 2.75) is 6.42 Å². The van der Waals surface area contributed by atoms with Crippen molar-refractivity contribution in [3.05, 3.63) is 53.6 Å². The number of para-hydroxylation sites is 1. The molecular formula is C22H25N3O4S. The Morgan fingerprint density at radius 2 is 1.70 bits per heavy atom. The highest BCUT2D eigenvalue weighted by molar-refractivity contribution is 7.22. The first-order valence-electron chi connectivity index (χ1n) is 9.53. The number of fused-ring (bicyclic) bond motifs is 1. The van der Waals surface area contributed by atoms with Gasteiger partial charge in [-0.3, -0.25) is 9.69 Å². The van der Waals surface area contributed by atoms with Gasteiger partial charge in [0.05, 0.1) is 24.5 Å². The van der Waals surface area contributed by atoms with Gasteiger partial charge in [0.15, 0.2) is 5.13 Å². The van der Waals surface area contributed by atoms with Crippen LogP contribution in [0.3, 0.4) is 0 Å². The van der Waals surface area contributed by atoms with Crippen LogP contribution < -0.4 is 9.64 Å². The second kappa shape index (κ2) is 9.69. The van der Waals surface area contributed by atoms with Gasteiger partial charge < -0.3 is 14.4 Å². The van der Waals surface area contributed by atoms with Gasteiger partial charge in [0.1, 0.15) is 11.3 Å². The van der Waals surface area contributed by atoms with Crippen LogP contribution in [0.4, 0.5) is 5.13 Å². The van der Waals surface area contributed by atoms with Gasteiger partial charge in [-0.05, 0) is 63.5 Å². The molecular weight excluding hydrogens is 402 g/mol. The number of hydrogen-bond acceptors (Lipinski definition) is 7. The molecule has 30 heavy (non-hydrogen) atoms. The Hall–Kier alpha value is -2.97. The monoisotopic (exact) mass is 427 g/mol. The Labute approximate surface area is 179 Å². The summed E-state index contributed by atoms with van der Waals surface area (Å²) in [6.45, 7) is 1.37. The van der Waals surface area contributed by atoms with E-state index in [1.54, 1.807) is 36.3 Å². The minimum Gasteiger partial charge on any atom is -0.494 e. The fraction of sp³-hybridized carbons (Fsp3) is 0.318. The number of carbonyl (C=O) groups is 2. The summed E-state index contributed by atoms with van der Waals surface area (Å²) in [5.41, 5.74) is 1.63. The summed E-state index contributed by atoms with van der Waals surface area (Å²) >= 11 is 1.45. The number of esters is 1. The molecule has 3 aromatic rings. The van der Waals surface area contributed by atoms with Gasteiger partial charge >= 0.3 is 5.97 Å². The smallest absolute Gasteiger partial charge is 0.337 e. The van der Waals surface area contributed by atoms with E-state index in [1.807, 2.05) is 32.3 Å². The summed E-state index contributed by atoms with van der Waals surface area (Å²) in [6, 6.07) is 12.2. The van der Waals surface area contributed by atoms with Crippen LogP contribution in [0.1, 0.15) is 27.1 Å². The zero-order chi connectivity index (χ0) is 21.7. The van der Waals surface area contributed by atoms with Crippen LogP contribution in [0.5, 0.6) is 5.75 Å². The average molecular weight is 428 g/mol. The largest absolute Gasteiger partial charge is 0.494 e. The van der Waals surface area contributed by atoms with E-state index in [-0.39, 0.29) is 5.91 Å². The van der Waals surface area contributed by atoms with Crippen molar-refractivity contribution >= 4 is 38.6 Å². The molecule has 1 aromatic heterocycles. The van der Waals surface area contributed by atoms with Gasteiger partial charge in [-0.25, -0.2) is 9.78 Å². The van der Waals surface area contributed by atoms with Gasteiger partial charge in [-0.2, -0.15) is 0 Å². The van der Waals surface area contributed by atoms with Crippen LogP contribution in [0.2, 0.25) is 0 Å². The quantitative estimate of drug-likeness (QED) is 0.511. The van der Waals surface area contributed by atoms with Gasteiger partial charge in [-0.15, -0.1) is 0 Å². The Balaban J connectivity index is 1.94. The zero-order valence-electron chi connectivity index (χ0n) is 17.5. The highest BCUT2D eigenvalue weighted by Crippen LogP contribution is 2.34. The summed E-state index contributed by atoms with van der Waals surface area (Å²) in [5.74, 6) is 0.0800. The maximum Gasteiger partial charge on any atom is 0.337 e. The lowest BCUT2D eigenvalue weighted by Gasteiger charge is -2.21. The molecule has 0 aliphatic carbocycles. The molecule has 1 amide bonds. The van der Waals surface area contributed by atoms with E-state index < -0.39 is 5.97 Å². The predicted molar refractivity (Wildman–Crippen MR) is 119 cm³/mol. The van der Waals surface area contributed by atoms with Crippen LogP contribution in [-0.4, -0.2) is 63.2 Å². The van der Waals surface area contributed by atoms with Crippen molar-refractivity contribution in [2.24, 2.45) is 0 Å². The number of anilines is 1. The number of thiazole rings is 1. The van der Waals surface area contributed by atoms with Gasteiger partial charge in [-0.1, -0.05) is 17.4 Å². The summed E-state index contributed by atoms with van der Waals surface area (Å²) < 4.78 is 11.1. The van der Waals surface area contributed by atoms with Crippen LogP contribution in [-0.2, 0) is 4.74 Å². The number of ether oxygens (including phenoxy) is 2. The molecule has 0 saturated heterocycles. The second-order valence-electron chi connectivity index (χ2n) is 6.99. The standard InChI is InChI=1S/C22H25N3O4S/c1-24(2)13-6-14-25(20(26)15-9-11-16(12-10-15)21(27)29-4)22-23-19-17(28-3)7-5-8-18(19)30-22/h5,7-12H,6,13-14H2,1-4H3. The number of methoxy groups -OCH3 is 2. The summed E-state index contributed by atoms with van der Waals surface area (Å²) in [7, 11) is 6.94. The van der Waals surface area contributed by atoms with Crippen LogP contribution >= 0.6 is 11.3 Å². The van der Waals surface area contributed by atoms with Crippen molar-refractivity contribution < 1.29 is 19.1 Å². The van der Waals surface area contributed by atoms with Crippen molar-refractivity contribution in [3.8, 4) is 5.75 Å². The highest BCUT2D eigenvalue weighted by atomic mass is 32.1. The molecule has 2 aromatic carbocycles. The normalized spacial score (nSPS) is 11.0. The third-order valence-corrected chi connectivity index (χ3v) is 5.65. The topological polar surface area (TPSA) is 72.0 Å². The molecule has 8 heteroatoms. The number of amides is 1. The number of hydrogen-bond donors (Lipinski definition) is 0. The molecule has 1 heterocycles. The first-order valence-corrected chi connectivity index (χ1v) is 10.3. The van der Waals surface area contributed by atoms with Crippen molar-refractivity contribution in [3.63, 3.8) is 0 Å². The SMILES string of the molecule is COC(=O)c1ccc(C(=O)N(CCCN(C)C)c2nc3c(OC)cccc3s2)cc1. The number of aromatic nitrogens is 1. The van der Waals surface area contributed by atoms with Crippen molar-refractivity contribution in [1.29, 1.82) is 0 Å². The molecule has 7 nitrogen and oxygen atoms in total. The van der Waals surface area contributed by atoms with Gasteiger partial charge in [0.2, 0.25) is 0 Å². The van der Waals surface area contributed by atoms with Crippen LogP contribution in [0.25, 0.3) is 10.2 Å². The fourth-order valence-corrected chi connectivity index (χ4v) is 4.05. The average Bonchev–Trinajstić information content (AvgIpc) is 3.19. The molecule has 3 rings (SSSR count). The van der Waals surface area contributed by atoms with E-state index >= 15 is 0 Å². The number of nitrogens with zero attached hydrogens (tertiary/aromatic N) is 3. The van der Waals surface area contributed by atoms with E-state index in [0.29, 0.717) is 28.6 Å². The van der Waals surface area contributed by atoms with E-state index in [1.165, 1.54) is 18.4 Å². The summed E-state index contributed by atoms with van der Waals surface area (Å²) in [5, 5.41) is 0.621. The molecule has 0 saturated carbocycles. The van der Waals surface area contributed by atoms with Crippen molar-refractivity contribution in [1.82, 2.24) is 9.88 Å². The second-order valence-corrected chi connectivity index (χ2v) is 8.00. The van der Waals surface area contributed by atoms with E-state index in [2.05, 4.69) is 4.90 Å². The molecule has 0 radical (unpaired) electrons. The maximum absolute atomic E-state index is 13.3. The molecule has 0 spiro atoms. The van der Waals surface area contributed by atoms with Gasteiger partial charge in [0, 0.05) is 12.1 Å². The zero-order valence-corrected chi connectivity index (χ0v) is 18.4. The third kappa shape index (κ3) is 4.77.